The summed E-state index contributed by atoms with van der Waals surface area (Å²) in [6.45, 7) is 3.47. The molecule has 0 bridgehead atoms. The van der Waals surface area contributed by atoms with Crippen LogP contribution < -0.4 is 5.32 Å². The second-order valence-electron chi connectivity index (χ2n) is 4.06. The maximum atomic E-state index is 3.23. The Balaban J connectivity index is 2.01. The van der Waals surface area contributed by atoms with E-state index in [-0.39, 0.29) is 0 Å². The highest BCUT2D eigenvalue weighted by molar-refractivity contribution is 5.03. The van der Waals surface area contributed by atoms with E-state index in [1.165, 1.54) is 25.1 Å². The molecular weight excluding hydrogens is 186 g/mol. The molecule has 15 heavy (non-hydrogen) atoms. The van der Waals surface area contributed by atoms with Crippen LogP contribution in [0, 0.1) is 0 Å². The van der Waals surface area contributed by atoms with Gasteiger partial charge >= 0.3 is 0 Å². The lowest BCUT2D eigenvalue weighted by molar-refractivity contribution is 0.328. The van der Waals surface area contributed by atoms with Crippen LogP contribution in [0.25, 0.3) is 0 Å². The number of nitrogens with zero attached hydrogens (tertiary/aromatic N) is 1. The van der Waals surface area contributed by atoms with Crippen LogP contribution in [0.3, 0.4) is 0 Å². The Hall–Kier alpha value is -0.800. The normalized spacial score (nSPS) is 11.1. The molecule has 0 atom stereocenters. The van der Waals surface area contributed by atoms with E-state index in [1.54, 1.807) is 0 Å². The van der Waals surface area contributed by atoms with E-state index in [4.69, 9.17) is 0 Å². The van der Waals surface area contributed by atoms with E-state index in [2.05, 4.69) is 34.4 Å². The first kappa shape index (κ1) is 12.3. The summed E-state index contributed by atoms with van der Waals surface area (Å²) in [5.74, 6) is 0. The lowest BCUT2D eigenvalue weighted by atomic mass is 10.2. The molecular formula is C12H23N3. The number of hydrogen-bond acceptors (Lipinski definition) is 2. The molecule has 1 aromatic rings. The molecule has 3 nitrogen and oxygen atoms in total. The van der Waals surface area contributed by atoms with Crippen LogP contribution in [-0.2, 0) is 6.42 Å². The predicted octanol–water partition coefficient (Wildman–Crippen LogP) is 1.49. The summed E-state index contributed by atoms with van der Waals surface area (Å²) < 4.78 is 0. The molecule has 0 spiro atoms. The Bertz CT molecular complexity index is 231. The fourth-order valence-corrected chi connectivity index (χ4v) is 1.63. The van der Waals surface area contributed by atoms with Gasteiger partial charge in [-0.2, -0.15) is 0 Å². The van der Waals surface area contributed by atoms with Crippen molar-refractivity contribution in [3.8, 4) is 0 Å². The summed E-state index contributed by atoms with van der Waals surface area (Å²) in [6.07, 6.45) is 5.66. The number of hydrogen-bond donors (Lipinski definition) is 2. The Morgan fingerprint density at radius 3 is 2.87 bits per heavy atom. The van der Waals surface area contributed by atoms with Gasteiger partial charge in [0.05, 0.1) is 0 Å². The first-order chi connectivity index (χ1) is 7.33. The topological polar surface area (TPSA) is 31.1 Å². The highest BCUT2D eigenvalue weighted by Gasteiger charge is 1.99. The minimum Gasteiger partial charge on any atom is -0.365 e. The van der Waals surface area contributed by atoms with Crippen molar-refractivity contribution in [1.82, 2.24) is 15.2 Å². The molecule has 1 aromatic heterocycles. The lowest BCUT2D eigenvalue weighted by Gasteiger charge is -2.15. The van der Waals surface area contributed by atoms with Crippen LogP contribution in [0.2, 0.25) is 0 Å². The average Bonchev–Trinajstić information content (AvgIpc) is 2.74. The van der Waals surface area contributed by atoms with Crippen molar-refractivity contribution in [2.45, 2.75) is 19.3 Å². The van der Waals surface area contributed by atoms with E-state index < -0.39 is 0 Å². The Kier molecular flexibility index (Phi) is 6.12. The monoisotopic (exact) mass is 209 g/mol. The maximum Gasteiger partial charge on any atom is 0.0159 e. The average molecular weight is 209 g/mol. The van der Waals surface area contributed by atoms with Crippen LogP contribution in [0.5, 0.6) is 0 Å². The fourth-order valence-electron chi connectivity index (χ4n) is 1.63. The molecule has 0 unspecified atom stereocenters. The van der Waals surface area contributed by atoms with Crippen molar-refractivity contribution in [3.63, 3.8) is 0 Å². The highest BCUT2D eigenvalue weighted by atomic mass is 15.1. The Labute approximate surface area is 92.9 Å². The molecule has 1 heterocycles. The fraction of sp³-hybridized carbons (Fsp3) is 0.667. The second-order valence-corrected chi connectivity index (χ2v) is 4.06. The third kappa shape index (κ3) is 5.60. The number of unbranched alkanes of at least 4 members (excludes halogenated alkanes) is 1. The molecule has 86 valence electrons. The minimum atomic E-state index is 1.12. The summed E-state index contributed by atoms with van der Waals surface area (Å²) in [6, 6.07) is 4.21. The minimum absolute atomic E-state index is 1.12. The van der Waals surface area contributed by atoms with Gasteiger partial charge in [0.1, 0.15) is 0 Å². The Morgan fingerprint density at radius 2 is 2.20 bits per heavy atom. The van der Waals surface area contributed by atoms with Crippen molar-refractivity contribution >= 4 is 0 Å². The van der Waals surface area contributed by atoms with Gasteiger partial charge in [-0.3, -0.25) is 0 Å². The zero-order valence-corrected chi connectivity index (χ0v) is 9.92. The van der Waals surface area contributed by atoms with Gasteiger partial charge in [-0.15, -0.1) is 0 Å². The van der Waals surface area contributed by atoms with Crippen LogP contribution >= 0.6 is 0 Å². The Morgan fingerprint density at radius 1 is 1.33 bits per heavy atom. The second kappa shape index (κ2) is 7.49. The van der Waals surface area contributed by atoms with E-state index in [9.17, 15) is 0 Å². The molecule has 0 radical (unpaired) electrons. The zero-order chi connectivity index (χ0) is 10.9. The van der Waals surface area contributed by atoms with Crippen LogP contribution in [0.4, 0.5) is 0 Å². The summed E-state index contributed by atoms with van der Waals surface area (Å²) in [5, 5.41) is 3.17. The SMILES string of the molecule is CNCCCCN(C)CCc1ccc[nH]1. The molecule has 2 N–H and O–H groups in total. The van der Waals surface area contributed by atoms with Gasteiger partial charge in [-0.05, 0) is 52.2 Å². The van der Waals surface area contributed by atoms with Crippen molar-refractivity contribution < 1.29 is 0 Å². The summed E-state index contributed by atoms with van der Waals surface area (Å²) >= 11 is 0. The van der Waals surface area contributed by atoms with Crippen molar-refractivity contribution in [2.24, 2.45) is 0 Å². The third-order valence-corrected chi connectivity index (χ3v) is 2.64. The van der Waals surface area contributed by atoms with Gasteiger partial charge in [-0.25, -0.2) is 0 Å². The number of rotatable bonds is 8. The first-order valence-electron chi connectivity index (χ1n) is 5.78. The van der Waals surface area contributed by atoms with Crippen LogP contribution in [0.15, 0.2) is 18.3 Å². The smallest absolute Gasteiger partial charge is 0.0159 e. The molecule has 0 amide bonds. The number of aromatic amines is 1. The van der Waals surface area contributed by atoms with E-state index in [0.29, 0.717) is 0 Å². The third-order valence-electron chi connectivity index (χ3n) is 2.64. The number of nitrogens with one attached hydrogen (secondary N) is 2. The van der Waals surface area contributed by atoms with Crippen LogP contribution in [0.1, 0.15) is 18.5 Å². The number of H-pyrrole nitrogens is 1. The summed E-state index contributed by atoms with van der Waals surface area (Å²) in [5.41, 5.74) is 1.33. The van der Waals surface area contributed by atoms with Gasteiger partial charge in [0.15, 0.2) is 0 Å². The van der Waals surface area contributed by atoms with Crippen LogP contribution in [-0.4, -0.2) is 43.6 Å². The molecule has 0 aliphatic rings. The van der Waals surface area contributed by atoms with Gasteiger partial charge in [0.25, 0.3) is 0 Å². The lowest BCUT2D eigenvalue weighted by Crippen LogP contribution is -2.23. The molecule has 0 aliphatic carbocycles. The molecule has 0 aromatic carbocycles. The van der Waals surface area contributed by atoms with Crippen molar-refractivity contribution in [1.29, 1.82) is 0 Å². The zero-order valence-electron chi connectivity index (χ0n) is 9.92. The molecule has 0 saturated carbocycles. The molecule has 0 saturated heterocycles. The molecule has 3 heteroatoms. The molecule has 0 fully saturated rings. The van der Waals surface area contributed by atoms with Gasteiger partial charge in [-0.1, -0.05) is 0 Å². The van der Waals surface area contributed by atoms with Gasteiger partial charge < -0.3 is 15.2 Å². The standard InChI is InChI=1S/C12H23N3/c1-13-8-3-4-10-15(2)11-7-12-6-5-9-14-12/h5-6,9,13-14H,3-4,7-8,10-11H2,1-2H3. The molecule has 0 aliphatic heterocycles. The first-order valence-corrected chi connectivity index (χ1v) is 5.78. The van der Waals surface area contributed by atoms with Crippen molar-refractivity contribution in [3.05, 3.63) is 24.0 Å². The van der Waals surface area contributed by atoms with Gasteiger partial charge in [0.2, 0.25) is 0 Å². The van der Waals surface area contributed by atoms with E-state index in [0.717, 1.165) is 19.5 Å². The van der Waals surface area contributed by atoms with Crippen molar-refractivity contribution in [2.75, 3.05) is 33.7 Å². The predicted molar refractivity (Wildman–Crippen MR) is 65.2 cm³/mol. The quantitative estimate of drug-likeness (QED) is 0.636. The maximum absolute atomic E-state index is 3.23. The van der Waals surface area contributed by atoms with Gasteiger partial charge in [0, 0.05) is 24.9 Å². The number of aromatic nitrogens is 1. The number of likely N-dealkylation sites (N-methyl/N-ethyl adjacent to an activating group) is 1. The highest BCUT2D eigenvalue weighted by Crippen LogP contribution is 1.98. The van der Waals surface area contributed by atoms with E-state index >= 15 is 0 Å². The molecule has 1 rings (SSSR count). The van der Waals surface area contributed by atoms with E-state index in [1.807, 2.05) is 13.2 Å². The largest absolute Gasteiger partial charge is 0.365 e. The summed E-state index contributed by atoms with van der Waals surface area (Å²) in [7, 11) is 4.21. The summed E-state index contributed by atoms with van der Waals surface area (Å²) in [4.78, 5) is 5.63.